The summed E-state index contributed by atoms with van der Waals surface area (Å²) >= 11 is 15.7. The van der Waals surface area contributed by atoms with Crippen LogP contribution >= 0.6 is 39.1 Å². The molecule has 4 rings (SSSR count). The third kappa shape index (κ3) is 7.24. The van der Waals surface area contributed by atoms with E-state index in [9.17, 15) is 18.5 Å². The molecule has 0 spiro atoms. The lowest BCUT2D eigenvalue weighted by molar-refractivity contribution is -0.110. The second kappa shape index (κ2) is 12.9. The summed E-state index contributed by atoms with van der Waals surface area (Å²) in [5.41, 5.74) is 4.60. The van der Waals surface area contributed by atoms with Crippen LogP contribution in [0.25, 0.3) is 0 Å². The van der Waals surface area contributed by atoms with Gasteiger partial charge in [0.1, 0.15) is 11.0 Å². The molecular formula is C26H23BrCl2N6O4S. The van der Waals surface area contributed by atoms with Gasteiger partial charge in [0.05, 0.1) is 41.0 Å². The van der Waals surface area contributed by atoms with Gasteiger partial charge in [-0.25, -0.2) is 8.42 Å². The fourth-order valence-corrected chi connectivity index (χ4v) is 6.06. The second-order valence-corrected chi connectivity index (χ2v) is 12.0. The quantitative estimate of drug-likeness (QED) is 0.210. The molecule has 1 aliphatic rings. The first-order valence-corrected chi connectivity index (χ1v) is 14.9. The third-order valence-corrected chi connectivity index (χ3v) is 8.54. The molecule has 1 amide bonds. The fraction of sp³-hybridized carbons (Fsp3) is 0.192. The van der Waals surface area contributed by atoms with Crippen LogP contribution < -0.4 is 20.4 Å². The van der Waals surface area contributed by atoms with E-state index in [0.29, 0.717) is 47.2 Å². The lowest BCUT2D eigenvalue weighted by Crippen LogP contribution is -2.37. The van der Waals surface area contributed by atoms with E-state index in [-0.39, 0.29) is 15.6 Å². The molecule has 3 aromatic carbocycles. The van der Waals surface area contributed by atoms with Crippen molar-refractivity contribution in [2.24, 2.45) is 5.10 Å². The standard InChI is InChI=1S/C26H23BrCl2N6O4S/c1-16-2-5-19(27)21(12-16)34-40(37,38)25-14-18(4-6-20(25)29)32-33-23(15-30)26(36)31-22-13-17(28)3-7-24(22)35-8-10-39-11-9-35/h2-7,12-14,32,34H,8-11H2,1H3,(H,31,36)/b33-23+. The van der Waals surface area contributed by atoms with Crippen LogP contribution in [0.4, 0.5) is 22.7 Å². The Hall–Kier alpha value is -3.34. The highest BCUT2D eigenvalue weighted by molar-refractivity contribution is 9.10. The molecular weight excluding hydrogens is 643 g/mol. The number of sulfonamides is 1. The minimum absolute atomic E-state index is 0.0272. The first-order valence-electron chi connectivity index (χ1n) is 11.8. The number of carbonyl (C=O) groups excluding carboxylic acids is 1. The summed E-state index contributed by atoms with van der Waals surface area (Å²) in [6.07, 6.45) is 0. The Labute approximate surface area is 250 Å². The summed E-state index contributed by atoms with van der Waals surface area (Å²) in [4.78, 5) is 14.7. The molecule has 0 saturated carbocycles. The minimum atomic E-state index is -4.10. The van der Waals surface area contributed by atoms with Gasteiger partial charge in [0.15, 0.2) is 0 Å². The number of hydrogen-bond acceptors (Lipinski definition) is 8. The first-order chi connectivity index (χ1) is 19.1. The van der Waals surface area contributed by atoms with Crippen molar-refractivity contribution in [1.82, 2.24) is 0 Å². The van der Waals surface area contributed by atoms with E-state index in [1.165, 1.54) is 18.2 Å². The molecule has 0 radical (unpaired) electrons. The monoisotopic (exact) mass is 664 g/mol. The predicted molar refractivity (Wildman–Crippen MR) is 161 cm³/mol. The Balaban J connectivity index is 1.54. The van der Waals surface area contributed by atoms with E-state index in [1.54, 1.807) is 36.4 Å². The van der Waals surface area contributed by atoms with Crippen LogP contribution in [0.2, 0.25) is 10.0 Å². The zero-order chi connectivity index (χ0) is 28.9. The molecule has 0 aliphatic carbocycles. The van der Waals surface area contributed by atoms with Crippen molar-refractivity contribution >= 4 is 83.5 Å². The average Bonchev–Trinajstić information content (AvgIpc) is 2.92. The van der Waals surface area contributed by atoms with Crippen molar-refractivity contribution in [3.63, 3.8) is 0 Å². The van der Waals surface area contributed by atoms with Gasteiger partial charge < -0.3 is 15.0 Å². The van der Waals surface area contributed by atoms with E-state index < -0.39 is 21.6 Å². The number of morpholine rings is 1. The van der Waals surface area contributed by atoms with Crippen LogP contribution in [0.1, 0.15) is 5.56 Å². The second-order valence-electron chi connectivity index (χ2n) is 8.63. The maximum atomic E-state index is 13.1. The Bertz CT molecular complexity index is 1620. The van der Waals surface area contributed by atoms with Crippen LogP contribution in [-0.4, -0.2) is 46.3 Å². The summed E-state index contributed by atoms with van der Waals surface area (Å²) in [5, 5.41) is 16.6. The summed E-state index contributed by atoms with van der Waals surface area (Å²) in [5.74, 6) is -0.778. The highest BCUT2D eigenvalue weighted by atomic mass is 79.9. The molecule has 40 heavy (non-hydrogen) atoms. The highest BCUT2D eigenvalue weighted by Gasteiger charge is 2.21. The zero-order valence-electron chi connectivity index (χ0n) is 21.0. The number of halogens is 3. The van der Waals surface area contributed by atoms with E-state index in [4.69, 9.17) is 27.9 Å². The number of ether oxygens (including phenoxy) is 1. The maximum absolute atomic E-state index is 13.1. The maximum Gasteiger partial charge on any atom is 0.287 e. The third-order valence-electron chi connectivity index (χ3n) is 5.76. The SMILES string of the molecule is Cc1ccc(Br)c(NS(=O)(=O)c2cc(N/N=C(\C#N)C(=O)Nc3cc(Cl)ccc3N3CCOCC3)ccc2Cl)c1. The average molecular weight is 666 g/mol. The molecule has 1 aliphatic heterocycles. The van der Waals surface area contributed by atoms with E-state index in [0.717, 1.165) is 11.3 Å². The molecule has 3 N–H and O–H groups in total. The van der Waals surface area contributed by atoms with Crippen molar-refractivity contribution < 1.29 is 17.9 Å². The van der Waals surface area contributed by atoms with Gasteiger partial charge in [0.25, 0.3) is 15.9 Å². The lowest BCUT2D eigenvalue weighted by Gasteiger charge is -2.30. The lowest BCUT2D eigenvalue weighted by atomic mass is 10.2. The van der Waals surface area contributed by atoms with Gasteiger partial charge in [-0.2, -0.15) is 10.4 Å². The van der Waals surface area contributed by atoms with Gasteiger partial charge in [0, 0.05) is 22.6 Å². The Morgan fingerprint density at radius 2 is 1.82 bits per heavy atom. The molecule has 0 unspecified atom stereocenters. The molecule has 10 nitrogen and oxygen atoms in total. The van der Waals surface area contributed by atoms with Gasteiger partial charge in [0.2, 0.25) is 5.71 Å². The van der Waals surface area contributed by atoms with Crippen LogP contribution in [0.3, 0.4) is 0 Å². The van der Waals surface area contributed by atoms with E-state index in [2.05, 4.69) is 36.5 Å². The number of nitrogens with one attached hydrogen (secondary N) is 3. The predicted octanol–water partition coefficient (Wildman–Crippen LogP) is 5.63. The zero-order valence-corrected chi connectivity index (χ0v) is 25.0. The number of amides is 1. The van der Waals surface area contributed by atoms with Crippen molar-refractivity contribution in [1.29, 1.82) is 5.26 Å². The van der Waals surface area contributed by atoms with Gasteiger partial charge in [-0.3, -0.25) is 14.9 Å². The number of nitrogens with zero attached hydrogens (tertiary/aromatic N) is 3. The van der Waals surface area contributed by atoms with Crippen LogP contribution in [-0.2, 0) is 19.6 Å². The number of hydrazone groups is 1. The molecule has 1 heterocycles. The van der Waals surface area contributed by atoms with Gasteiger partial charge in [-0.05, 0) is 76.9 Å². The molecule has 1 fully saturated rings. The van der Waals surface area contributed by atoms with Gasteiger partial charge >= 0.3 is 0 Å². The minimum Gasteiger partial charge on any atom is -0.378 e. The number of nitriles is 1. The van der Waals surface area contributed by atoms with E-state index in [1.807, 2.05) is 17.9 Å². The molecule has 3 aromatic rings. The highest BCUT2D eigenvalue weighted by Crippen LogP contribution is 2.31. The molecule has 1 saturated heterocycles. The summed E-state index contributed by atoms with van der Waals surface area (Å²) < 4.78 is 34.7. The van der Waals surface area contributed by atoms with Crippen molar-refractivity contribution in [3.8, 4) is 6.07 Å². The summed E-state index contributed by atoms with van der Waals surface area (Å²) in [6, 6.07) is 16.1. The topological polar surface area (TPSA) is 136 Å². The van der Waals surface area contributed by atoms with Crippen molar-refractivity contribution in [2.45, 2.75) is 11.8 Å². The van der Waals surface area contributed by atoms with Gasteiger partial charge in [-0.15, -0.1) is 0 Å². The normalized spacial score (nSPS) is 13.9. The number of rotatable bonds is 8. The number of anilines is 4. The Kier molecular flexibility index (Phi) is 9.55. The molecule has 0 aromatic heterocycles. The smallest absolute Gasteiger partial charge is 0.287 e. The van der Waals surface area contributed by atoms with Crippen molar-refractivity contribution in [3.05, 3.63) is 74.7 Å². The largest absolute Gasteiger partial charge is 0.378 e. The fourth-order valence-electron chi connectivity index (χ4n) is 3.81. The molecule has 208 valence electrons. The number of hydrogen-bond donors (Lipinski definition) is 3. The van der Waals surface area contributed by atoms with E-state index >= 15 is 0 Å². The van der Waals surface area contributed by atoms with Gasteiger partial charge in [-0.1, -0.05) is 29.3 Å². The number of aryl methyl sites for hydroxylation is 1. The van der Waals surface area contributed by atoms with Crippen LogP contribution in [0.15, 0.2) is 69.1 Å². The van der Waals surface area contributed by atoms with Crippen LogP contribution in [0.5, 0.6) is 0 Å². The van der Waals surface area contributed by atoms with Crippen LogP contribution in [0, 0.1) is 18.3 Å². The summed E-state index contributed by atoms with van der Waals surface area (Å²) in [6.45, 7) is 4.17. The Morgan fingerprint density at radius 1 is 1.07 bits per heavy atom. The molecule has 0 bridgehead atoms. The molecule has 14 heteroatoms. The van der Waals surface area contributed by atoms with Crippen molar-refractivity contribution in [2.75, 3.05) is 46.7 Å². The molecule has 0 atom stereocenters. The Morgan fingerprint density at radius 3 is 2.55 bits per heavy atom. The number of benzene rings is 3. The summed E-state index contributed by atoms with van der Waals surface area (Å²) in [7, 11) is -4.10. The first kappa shape index (κ1) is 29.6. The number of carbonyl (C=O) groups is 1.